The molecule has 7 aromatic rings. The highest BCUT2D eigenvalue weighted by molar-refractivity contribution is 6.18. The molecule has 56 heavy (non-hydrogen) atoms. The quantitative estimate of drug-likeness (QED) is 0.0917. The second kappa shape index (κ2) is 20.9. The summed E-state index contributed by atoms with van der Waals surface area (Å²) in [7, 11) is 1.50. The Labute approximate surface area is 333 Å². The third kappa shape index (κ3) is 10.0. The zero-order valence-corrected chi connectivity index (χ0v) is 32.9. The summed E-state index contributed by atoms with van der Waals surface area (Å²) in [4.78, 5) is 2.35. The van der Waals surface area contributed by atoms with Gasteiger partial charge in [0.15, 0.2) is 0 Å². The van der Waals surface area contributed by atoms with Gasteiger partial charge in [-0.15, -0.1) is 0 Å². The molecule has 5 heteroatoms. The third-order valence-corrected chi connectivity index (χ3v) is 9.53. The van der Waals surface area contributed by atoms with Crippen molar-refractivity contribution in [3.63, 3.8) is 0 Å². The van der Waals surface area contributed by atoms with E-state index >= 15 is 0 Å². The van der Waals surface area contributed by atoms with Crippen LogP contribution in [-0.4, -0.2) is 7.05 Å². The van der Waals surface area contributed by atoms with Gasteiger partial charge in [0.2, 0.25) is 0 Å². The molecule has 5 nitrogen and oxygen atoms in total. The van der Waals surface area contributed by atoms with Gasteiger partial charge in [-0.2, -0.15) is 0 Å². The van der Waals surface area contributed by atoms with Crippen molar-refractivity contribution in [3.8, 4) is 11.1 Å². The van der Waals surface area contributed by atoms with Crippen LogP contribution >= 0.6 is 0 Å². The Morgan fingerprint density at radius 2 is 1.27 bits per heavy atom. The summed E-state index contributed by atoms with van der Waals surface area (Å²) in [6.07, 6.45) is 11.5. The number of hydrogen-bond donors (Lipinski definition) is 4. The highest BCUT2D eigenvalue weighted by Crippen LogP contribution is 2.44. The lowest BCUT2D eigenvalue weighted by atomic mass is 9.94. The highest BCUT2D eigenvalue weighted by Gasteiger charge is 2.21. The SMILES string of the molecule is CC.CN.N/C(=C\Cc1ccccc1)c1ccccc1.NCc1cccc(-c2ccc3ccc4ccc(N)c(N(C5=CC=CCC5)c5ccccc5)c4c3c2)c1. The number of anilines is 3. The zero-order valence-electron chi connectivity index (χ0n) is 32.9. The first-order valence-electron chi connectivity index (χ1n) is 19.5. The maximum Gasteiger partial charge on any atom is 0.0773 e. The van der Waals surface area contributed by atoms with Crippen LogP contribution < -0.4 is 27.8 Å². The van der Waals surface area contributed by atoms with Crippen molar-refractivity contribution >= 4 is 44.3 Å². The Morgan fingerprint density at radius 1 is 0.661 bits per heavy atom. The summed E-state index contributed by atoms with van der Waals surface area (Å²) < 4.78 is 0. The molecule has 284 valence electrons. The molecule has 8 N–H and O–H groups in total. The topological polar surface area (TPSA) is 107 Å². The Kier molecular flexibility index (Phi) is 15.2. The van der Waals surface area contributed by atoms with Crippen LogP contribution in [0.3, 0.4) is 0 Å². The minimum Gasteiger partial charge on any atom is -0.398 e. The Bertz CT molecular complexity index is 2380. The fourth-order valence-corrected chi connectivity index (χ4v) is 6.82. The number of hydrogen-bond acceptors (Lipinski definition) is 5. The standard InChI is InChI=1S/C33H29N3.C15H15N.C2H6.CH5N/c34-22-23-8-7-9-26(20-23)27-17-15-24-14-16-25-18-19-31(35)33(32(25)30(24)21-27)36(28-10-3-1-4-11-28)29-12-5-2-6-13-29;16-15(14-9-5-2-6-10-14)12-11-13-7-3-1-4-8-13;2*1-2/h1-5,7-12,14-21H,6,13,22,34-35H2;1-10,12H,11,16H2;1-2H3;2H2,1H3/b;15-12-;;. The van der Waals surface area contributed by atoms with Crippen molar-refractivity contribution < 1.29 is 0 Å². The van der Waals surface area contributed by atoms with E-state index in [2.05, 4.69) is 138 Å². The van der Waals surface area contributed by atoms with Crippen molar-refractivity contribution in [2.45, 2.75) is 39.7 Å². The minimum absolute atomic E-state index is 0.528. The number of nitrogen functional groups attached to an aromatic ring is 1. The summed E-state index contributed by atoms with van der Waals surface area (Å²) in [5, 5.41) is 4.73. The molecule has 0 amide bonds. The smallest absolute Gasteiger partial charge is 0.0773 e. The molecule has 0 unspecified atom stereocenters. The lowest BCUT2D eigenvalue weighted by molar-refractivity contribution is 0.920. The molecular formula is C51H55N5. The van der Waals surface area contributed by atoms with Gasteiger partial charge in [0.25, 0.3) is 0 Å². The van der Waals surface area contributed by atoms with Crippen LogP contribution in [0.4, 0.5) is 17.1 Å². The number of para-hydroxylation sites is 1. The van der Waals surface area contributed by atoms with Crippen LogP contribution in [0.15, 0.2) is 188 Å². The van der Waals surface area contributed by atoms with Crippen LogP contribution in [-0.2, 0) is 13.0 Å². The zero-order chi connectivity index (χ0) is 39.7. The average Bonchev–Trinajstić information content (AvgIpc) is 3.29. The number of allylic oxidation sites excluding steroid dienone is 5. The number of nitrogens with two attached hydrogens (primary N) is 4. The van der Waals surface area contributed by atoms with E-state index in [0.29, 0.717) is 6.54 Å². The van der Waals surface area contributed by atoms with E-state index in [1.807, 2.05) is 68.4 Å². The summed E-state index contributed by atoms with van der Waals surface area (Å²) in [5.74, 6) is 0. The molecule has 0 heterocycles. The van der Waals surface area contributed by atoms with Gasteiger partial charge in [-0.1, -0.05) is 159 Å². The van der Waals surface area contributed by atoms with Gasteiger partial charge in [-0.3, -0.25) is 0 Å². The maximum absolute atomic E-state index is 6.81. The Hall–Kier alpha value is -6.40. The number of nitrogens with zero attached hydrogens (tertiary/aromatic N) is 1. The molecule has 7 aromatic carbocycles. The Morgan fingerprint density at radius 3 is 1.95 bits per heavy atom. The van der Waals surface area contributed by atoms with E-state index in [9.17, 15) is 0 Å². The summed E-state index contributed by atoms with van der Waals surface area (Å²) >= 11 is 0. The molecule has 0 atom stereocenters. The first-order chi connectivity index (χ1) is 27.6. The van der Waals surface area contributed by atoms with E-state index < -0.39 is 0 Å². The molecule has 0 fully saturated rings. The second-order valence-electron chi connectivity index (χ2n) is 13.0. The number of rotatable bonds is 8. The van der Waals surface area contributed by atoms with Crippen LogP contribution in [0.25, 0.3) is 38.4 Å². The predicted octanol–water partition coefficient (Wildman–Crippen LogP) is 11.9. The molecule has 0 saturated carbocycles. The van der Waals surface area contributed by atoms with Gasteiger partial charge < -0.3 is 27.8 Å². The van der Waals surface area contributed by atoms with Crippen molar-refractivity contribution in [2.75, 3.05) is 17.7 Å². The van der Waals surface area contributed by atoms with Crippen LogP contribution in [0, 0.1) is 0 Å². The number of benzene rings is 7. The molecule has 0 saturated heterocycles. The van der Waals surface area contributed by atoms with Crippen molar-refractivity contribution in [2.24, 2.45) is 17.2 Å². The van der Waals surface area contributed by atoms with Gasteiger partial charge in [-0.25, -0.2) is 0 Å². The molecule has 1 aliphatic rings. The average molecular weight is 738 g/mol. The van der Waals surface area contributed by atoms with Gasteiger partial charge in [-0.05, 0) is 107 Å². The van der Waals surface area contributed by atoms with Gasteiger partial charge >= 0.3 is 0 Å². The first kappa shape index (κ1) is 40.8. The van der Waals surface area contributed by atoms with Crippen LogP contribution in [0.2, 0.25) is 0 Å². The van der Waals surface area contributed by atoms with E-state index in [0.717, 1.165) is 53.1 Å². The van der Waals surface area contributed by atoms with Gasteiger partial charge in [0.1, 0.15) is 0 Å². The van der Waals surface area contributed by atoms with E-state index in [-0.39, 0.29) is 0 Å². The van der Waals surface area contributed by atoms with E-state index in [4.69, 9.17) is 17.2 Å². The predicted molar refractivity (Wildman–Crippen MR) is 244 cm³/mol. The monoisotopic (exact) mass is 737 g/mol. The lowest BCUT2D eigenvalue weighted by Gasteiger charge is -2.31. The highest BCUT2D eigenvalue weighted by atomic mass is 15.2. The number of fused-ring (bicyclic) bond motifs is 3. The van der Waals surface area contributed by atoms with Crippen molar-refractivity contribution in [1.29, 1.82) is 0 Å². The third-order valence-electron chi connectivity index (χ3n) is 9.53. The second-order valence-corrected chi connectivity index (χ2v) is 13.0. The lowest BCUT2D eigenvalue weighted by Crippen LogP contribution is -2.19. The molecule has 1 aliphatic carbocycles. The fourth-order valence-electron chi connectivity index (χ4n) is 6.82. The molecule has 0 spiro atoms. The summed E-state index contributed by atoms with van der Waals surface area (Å²) in [5.41, 5.74) is 34.1. The molecule has 0 bridgehead atoms. The van der Waals surface area contributed by atoms with Gasteiger partial charge in [0.05, 0.1) is 11.4 Å². The molecule has 0 aliphatic heterocycles. The minimum atomic E-state index is 0.528. The Balaban J connectivity index is 0.000000251. The van der Waals surface area contributed by atoms with E-state index in [1.54, 1.807) is 0 Å². The van der Waals surface area contributed by atoms with Crippen molar-refractivity contribution in [1.82, 2.24) is 0 Å². The molecule has 8 rings (SSSR count). The summed E-state index contributed by atoms with van der Waals surface area (Å²) in [6, 6.07) is 54.7. The maximum atomic E-state index is 6.81. The largest absolute Gasteiger partial charge is 0.398 e. The van der Waals surface area contributed by atoms with E-state index in [1.165, 1.54) is 51.0 Å². The first-order valence-corrected chi connectivity index (χ1v) is 19.5. The molecule has 0 radical (unpaired) electrons. The normalized spacial score (nSPS) is 11.9. The molecular weight excluding hydrogens is 683 g/mol. The molecule has 0 aromatic heterocycles. The van der Waals surface area contributed by atoms with Crippen LogP contribution in [0.5, 0.6) is 0 Å². The van der Waals surface area contributed by atoms with Gasteiger partial charge in [0, 0.05) is 29.0 Å². The van der Waals surface area contributed by atoms with Crippen molar-refractivity contribution in [3.05, 3.63) is 204 Å². The van der Waals surface area contributed by atoms with Crippen LogP contribution in [0.1, 0.15) is 43.4 Å². The fraction of sp³-hybridized carbons (Fsp3) is 0.137. The summed E-state index contributed by atoms with van der Waals surface area (Å²) in [6.45, 7) is 4.53.